The first-order valence-electron chi connectivity index (χ1n) is 5.00. The molecule has 17 heavy (non-hydrogen) atoms. The number of nitrogens with two attached hydrogens (primary N) is 1. The predicted molar refractivity (Wildman–Crippen MR) is 61.4 cm³/mol. The highest BCUT2D eigenvalue weighted by Crippen LogP contribution is 2.27. The Bertz CT molecular complexity index is 510. The molecule has 90 valence electrons. The van der Waals surface area contributed by atoms with Gasteiger partial charge in [-0.15, -0.1) is 0 Å². The topological polar surface area (TPSA) is 83.4 Å². The first-order chi connectivity index (χ1) is 8.24. The van der Waals surface area contributed by atoms with Crippen LogP contribution >= 0.6 is 0 Å². The van der Waals surface area contributed by atoms with E-state index in [2.05, 4.69) is 10.1 Å². The summed E-state index contributed by atoms with van der Waals surface area (Å²) in [5.41, 5.74) is 7.07. The fourth-order valence-corrected chi connectivity index (χ4v) is 1.43. The lowest BCUT2D eigenvalue weighted by Gasteiger charge is -2.04. The molecule has 0 fully saturated rings. The average Bonchev–Trinajstić information content (AvgIpc) is 2.78. The van der Waals surface area contributed by atoms with Gasteiger partial charge in [0.1, 0.15) is 12.4 Å². The van der Waals surface area contributed by atoms with Crippen LogP contribution in [-0.2, 0) is 11.3 Å². The number of anilines is 1. The number of ether oxygens (including phenoxy) is 2. The Balaban J connectivity index is 2.29. The van der Waals surface area contributed by atoms with Crippen molar-refractivity contribution in [3.05, 3.63) is 24.0 Å². The van der Waals surface area contributed by atoms with Crippen LogP contribution in [0.1, 0.15) is 5.82 Å². The molecule has 0 saturated heterocycles. The third-order valence-corrected chi connectivity index (χ3v) is 2.22. The molecule has 0 saturated carbocycles. The molecule has 0 amide bonds. The molecule has 0 aliphatic rings. The van der Waals surface area contributed by atoms with Crippen molar-refractivity contribution in [2.75, 3.05) is 20.0 Å². The van der Waals surface area contributed by atoms with Gasteiger partial charge in [0.05, 0.1) is 12.8 Å². The zero-order chi connectivity index (χ0) is 12.3. The summed E-state index contributed by atoms with van der Waals surface area (Å²) in [5, 5.41) is 3.77. The molecule has 1 aromatic heterocycles. The van der Waals surface area contributed by atoms with Crippen molar-refractivity contribution < 1.29 is 14.0 Å². The standard InChI is InChI=1S/C11H13N3O3/c1-15-6-10-13-11(17-14-10)7-3-4-9(16-2)8(12)5-7/h3-5H,6,12H2,1-2H3. The van der Waals surface area contributed by atoms with Gasteiger partial charge in [-0.25, -0.2) is 0 Å². The van der Waals surface area contributed by atoms with Crippen LogP contribution in [0.2, 0.25) is 0 Å². The largest absolute Gasteiger partial charge is 0.495 e. The van der Waals surface area contributed by atoms with Crippen LogP contribution in [0, 0.1) is 0 Å². The molecule has 2 aromatic rings. The van der Waals surface area contributed by atoms with Crippen LogP contribution in [-0.4, -0.2) is 24.4 Å². The zero-order valence-corrected chi connectivity index (χ0v) is 9.64. The van der Waals surface area contributed by atoms with Gasteiger partial charge in [0.25, 0.3) is 5.89 Å². The van der Waals surface area contributed by atoms with Gasteiger partial charge in [-0.3, -0.25) is 0 Å². The van der Waals surface area contributed by atoms with E-state index in [4.69, 9.17) is 19.7 Å². The van der Waals surface area contributed by atoms with Gasteiger partial charge in [0.2, 0.25) is 0 Å². The molecule has 2 N–H and O–H groups in total. The molecule has 1 heterocycles. The summed E-state index contributed by atoms with van der Waals surface area (Å²) in [6.07, 6.45) is 0. The Morgan fingerprint density at radius 3 is 2.82 bits per heavy atom. The van der Waals surface area contributed by atoms with E-state index in [-0.39, 0.29) is 0 Å². The smallest absolute Gasteiger partial charge is 0.258 e. The number of nitrogen functional groups attached to an aromatic ring is 1. The second-order valence-electron chi connectivity index (χ2n) is 3.41. The van der Waals surface area contributed by atoms with Gasteiger partial charge >= 0.3 is 0 Å². The van der Waals surface area contributed by atoms with E-state index in [1.807, 2.05) is 0 Å². The van der Waals surface area contributed by atoms with Gasteiger partial charge < -0.3 is 19.7 Å². The maximum absolute atomic E-state index is 5.80. The van der Waals surface area contributed by atoms with Gasteiger partial charge in [-0.2, -0.15) is 4.98 Å². The number of benzene rings is 1. The number of hydrogen-bond acceptors (Lipinski definition) is 6. The molecule has 0 spiro atoms. The maximum Gasteiger partial charge on any atom is 0.258 e. The van der Waals surface area contributed by atoms with Gasteiger partial charge in [-0.1, -0.05) is 5.16 Å². The number of nitrogens with zero attached hydrogens (tertiary/aromatic N) is 2. The molecule has 0 aliphatic carbocycles. The Morgan fingerprint density at radius 2 is 2.18 bits per heavy atom. The fraction of sp³-hybridized carbons (Fsp3) is 0.273. The highest BCUT2D eigenvalue weighted by atomic mass is 16.5. The maximum atomic E-state index is 5.80. The summed E-state index contributed by atoms with van der Waals surface area (Å²) >= 11 is 0. The predicted octanol–water partition coefficient (Wildman–Crippen LogP) is 1.47. The summed E-state index contributed by atoms with van der Waals surface area (Å²) < 4.78 is 15.1. The second kappa shape index (κ2) is 4.84. The van der Waals surface area contributed by atoms with Gasteiger partial charge in [-0.05, 0) is 18.2 Å². The van der Waals surface area contributed by atoms with E-state index in [1.54, 1.807) is 32.4 Å². The van der Waals surface area contributed by atoms with Crippen LogP contribution in [0.15, 0.2) is 22.7 Å². The van der Waals surface area contributed by atoms with E-state index >= 15 is 0 Å². The summed E-state index contributed by atoms with van der Waals surface area (Å²) in [6.45, 7) is 0.315. The molecular weight excluding hydrogens is 222 g/mol. The lowest BCUT2D eigenvalue weighted by Crippen LogP contribution is -1.93. The number of rotatable bonds is 4. The number of methoxy groups -OCH3 is 2. The SMILES string of the molecule is COCc1noc(-c2ccc(OC)c(N)c2)n1. The highest BCUT2D eigenvalue weighted by molar-refractivity contribution is 5.65. The molecule has 6 nitrogen and oxygen atoms in total. The van der Waals surface area contributed by atoms with E-state index in [0.717, 1.165) is 5.56 Å². The average molecular weight is 235 g/mol. The van der Waals surface area contributed by atoms with Crippen LogP contribution in [0.5, 0.6) is 5.75 Å². The number of hydrogen-bond donors (Lipinski definition) is 1. The fourth-order valence-electron chi connectivity index (χ4n) is 1.43. The Morgan fingerprint density at radius 1 is 1.35 bits per heavy atom. The first-order valence-corrected chi connectivity index (χ1v) is 5.00. The van der Waals surface area contributed by atoms with Gasteiger partial charge in [0, 0.05) is 12.7 Å². The first kappa shape index (κ1) is 11.4. The summed E-state index contributed by atoms with van der Waals surface area (Å²) in [5.74, 6) is 1.52. The van der Waals surface area contributed by atoms with Crippen LogP contribution in [0.25, 0.3) is 11.5 Å². The second-order valence-corrected chi connectivity index (χ2v) is 3.41. The third-order valence-electron chi connectivity index (χ3n) is 2.22. The molecule has 0 radical (unpaired) electrons. The quantitative estimate of drug-likeness (QED) is 0.808. The Hall–Kier alpha value is -2.08. The van der Waals surface area contributed by atoms with E-state index in [9.17, 15) is 0 Å². The van der Waals surface area contributed by atoms with Crippen molar-refractivity contribution in [3.8, 4) is 17.2 Å². The summed E-state index contributed by atoms with van der Waals surface area (Å²) in [7, 11) is 3.14. The van der Waals surface area contributed by atoms with Gasteiger partial charge in [0.15, 0.2) is 5.82 Å². The van der Waals surface area contributed by atoms with Crippen molar-refractivity contribution in [1.82, 2.24) is 10.1 Å². The third kappa shape index (κ3) is 2.36. The number of aromatic nitrogens is 2. The van der Waals surface area contributed by atoms with Crippen molar-refractivity contribution in [2.45, 2.75) is 6.61 Å². The molecule has 0 aliphatic heterocycles. The lowest BCUT2D eigenvalue weighted by molar-refractivity contribution is 0.174. The molecule has 2 rings (SSSR count). The van der Waals surface area contributed by atoms with Crippen molar-refractivity contribution in [1.29, 1.82) is 0 Å². The van der Waals surface area contributed by atoms with Crippen molar-refractivity contribution in [3.63, 3.8) is 0 Å². The molecule has 6 heteroatoms. The normalized spacial score (nSPS) is 10.5. The summed E-state index contributed by atoms with van der Waals surface area (Å²) in [6, 6.07) is 5.28. The van der Waals surface area contributed by atoms with Crippen molar-refractivity contribution >= 4 is 5.69 Å². The van der Waals surface area contributed by atoms with Crippen LogP contribution < -0.4 is 10.5 Å². The molecule has 0 bridgehead atoms. The minimum absolute atomic E-state index is 0.315. The van der Waals surface area contributed by atoms with E-state index in [1.165, 1.54) is 0 Å². The lowest BCUT2D eigenvalue weighted by atomic mass is 10.2. The Labute approximate surface area is 98.3 Å². The molecule has 1 aromatic carbocycles. The monoisotopic (exact) mass is 235 g/mol. The summed E-state index contributed by atoms with van der Waals surface area (Å²) in [4.78, 5) is 4.17. The van der Waals surface area contributed by atoms with Crippen LogP contribution in [0.3, 0.4) is 0 Å². The van der Waals surface area contributed by atoms with E-state index in [0.29, 0.717) is 29.8 Å². The van der Waals surface area contributed by atoms with Crippen molar-refractivity contribution in [2.24, 2.45) is 0 Å². The molecule has 0 unspecified atom stereocenters. The van der Waals surface area contributed by atoms with E-state index < -0.39 is 0 Å². The Kier molecular flexibility index (Phi) is 3.24. The van der Waals surface area contributed by atoms with Crippen LogP contribution in [0.4, 0.5) is 5.69 Å². The molecular formula is C11H13N3O3. The zero-order valence-electron chi connectivity index (χ0n) is 9.64. The highest BCUT2D eigenvalue weighted by Gasteiger charge is 2.10. The minimum atomic E-state index is 0.315. The minimum Gasteiger partial charge on any atom is -0.495 e. The molecule has 0 atom stereocenters.